The van der Waals surface area contributed by atoms with E-state index < -0.39 is 23.8 Å². The van der Waals surface area contributed by atoms with Gasteiger partial charge in [-0.25, -0.2) is 0 Å². The number of carboxylic acids is 2. The molecule has 0 aliphatic carbocycles. The highest BCUT2D eigenvalue weighted by Crippen LogP contribution is 2.38. The van der Waals surface area contributed by atoms with Gasteiger partial charge in [0, 0.05) is 34.4 Å². The number of ketones is 2. The van der Waals surface area contributed by atoms with Crippen molar-refractivity contribution in [3.05, 3.63) is 46.2 Å². The molecule has 4 aromatic rings. The highest BCUT2D eigenvalue weighted by Gasteiger charge is 2.21. The van der Waals surface area contributed by atoms with Gasteiger partial charge in [0.2, 0.25) is 0 Å². The predicted octanol–water partition coefficient (Wildman–Crippen LogP) is 6.96. The lowest BCUT2D eigenvalue weighted by Gasteiger charge is -2.12. The number of rotatable bonds is 17. The monoisotopic (exact) mass is 642 g/mol. The molecule has 0 bridgehead atoms. The standard InChI is InChI=1S/C32H34O10S2/c1-17(31(35)36)9-21(33)29-13-19-11-23(39-3)26(16-28(19)44-29)42-8-6-5-7-41-25-12-20-14-30(22(34)10-18(2)32(37)38)43-27(20)15-24(25)40-4/h11-18H,5-10H2,1-4H3,(H,35,36)(H,37,38). The maximum absolute atomic E-state index is 12.6. The van der Waals surface area contributed by atoms with E-state index in [0.29, 0.717) is 58.8 Å². The number of Topliss-reactive ketones (excluding diaryl/α,β-unsaturated/α-hetero) is 2. The predicted molar refractivity (Wildman–Crippen MR) is 168 cm³/mol. The lowest BCUT2D eigenvalue weighted by atomic mass is 10.0. The Kier molecular flexibility index (Phi) is 10.8. The number of ether oxygens (including phenoxy) is 4. The van der Waals surface area contributed by atoms with Crippen LogP contribution in [0.3, 0.4) is 0 Å². The van der Waals surface area contributed by atoms with Gasteiger partial charge in [0.25, 0.3) is 0 Å². The Hall–Kier alpha value is -4.16. The number of thiophene rings is 2. The molecule has 0 spiro atoms. The number of methoxy groups -OCH3 is 2. The SMILES string of the molecule is COc1cc2sc(C(=O)CC(C)C(=O)O)cc2cc1OCCCCOc1cc2sc(C(=O)CC(C)C(=O)O)cc2cc1OC. The third-order valence-corrected chi connectivity index (χ3v) is 9.31. The van der Waals surface area contributed by atoms with Crippen LogP contribution in [-0.4, -0.2) is 61.2 Å². The van der Waals surface area contributed by atoms with Gasteiger partial charge >= 0.3 is 11.9 Å². The second-order valence-electron chi connectivity index (χ2n) is 10.4. The van der Waals surface area contributed by atoms with Gasteiger partial charge in [-0.05, 0) is 47.9 Å². The van der Waals surface area contributed by atoms with Gasteiger partial charge in [-0.15, -0.1) is 22.7 Å². The molecule has 0 saturated heterocycles. The first-order chi connectivity index (χ1) is 21.0. The van der Waals surface area contributed by atoms with E-state index in [-0.39, 0.29) is 24.4 Å². The fourth-order valence-electron chi connectivity index (χ4n) is 4.41. The molecule has 234 valence electrons. The molecule has 0 aliphatic rings. The van der Waals surface area contributed by atoms with Gasteiger partial charge in [-0.3, -0.25) is 19.2 Å². The third kappa shape index (κ3) is 7.86. The first kappa shape index (κ1) is 32.7. The maximum atomic E-state index is 12.6. The van der Waals surface area contributed by atoms with Crippen molar-refractivity contribution < 1.29 is 48.3 Å². The Labute approximate surface area is 262 Å². The van der Waals surface area contributed by atoms with Crippen molar-refractivity contribution >= 4 is 66.4 Å². The number of hydrogen-bond acceptors (Lipinski definition) is 10. The Balaban J connectivity index is 1.33. The van der Waals surface area contributed by atoms with Crippen LogP contribution >= 0.6 is 22.7 Å². The number of fused-ring (bicyclic) bond motifs is 2. The summed E-state index contributed by atoms with van der Waals surface area (Å²) in [6, 6.07) is 10.8. The fraction of sp³-hybridized carbons (Fsp3) is 0.375. The molecular weight excluding hydrogens is 608 g/mol. The minimum absolute atomic E-state index is 0.0631. The van der Waals surface area contributed by atoms with Crippen LogP contribution in [0.2, 0.25) is 0 Å². The molecule has 2 heterocycles. The highest BCUT2D eigenvalue weighted by molar-refractivity contribution is 7.21. The smallest absolute Gasteiger partial charge is 0.306 e. The number of carboxylic acid groups (broad SMARTS) is 2. The van der Waals surface area contributed by atoms with Crippen molar-refractivity contribution in [2.45, 2.75) is 39.5 Å². The normalized spacial score (nSPS) is 12.5. The Morgan fingerprint density at radius 2 is 1.02 bits per heavy atom. The zero-order valence-corrected chi connectivity index (χ0v) is 26.5. The van der Waals surface area contributed by atoms with E-state index in [1.807, 2.05) is 18.2 Å². The second-order valence-corrected chi connectivity index (χ2v) is 12.6. The average molecular weight is 643 g/mol. The lowest BCUT2D eigenvalue weighted by Crippen LogP contribution is -2.13. The summed E-state index contributed by atoms with van der Waals surface area (Å²) in [6.07, 6.45) is 1.25. The molecule has 0 fully saturated rings. The minimum atomic E-state index is -1.00. The Bertz CT molecular complexity index is 1560. The number of carbonyl (C=O) groups is 4. The summed E-state index contributed by atoms with van der Waals surface area (Å²) < 4.78 is 24.7. The van der Waals surface area contributed by atoms with Gasteiger partial charge < -0.3 is 29.2 Å². The number of benzene rings is 2. The summed E-state index contributed by atoms with van der Waals surface area (Å²) in [5.74, 6) is -1.77. The van der Waals surface area contributed by atoms with Crippen LogP contribution in [0.4, 0.5) is 0 Å². The van der Waals surface area contributed by atoms with Gasteiger partial charge in [0.05, 0.1) is 49.0 Å². The molecule has 2 aromatic heterocycles. The highest BCUT2D eigenvalue weighted by atomic mass is 32.1. The fourth-order valence-corrected chi connectivity index (χ4v) is 6.46. The number of hydrogen-bond donors (Lipinski definition) is 2. The van der Waals surface area contributed by atoms with Crippen LogP contribution in [0.1, 0.15) is 58.9 Å². The molecule has 2 unspecified atom stereocenters. The van der Waals surface area contributed by atoms with Crippen molar-refractivity contribution in [3.63, 3.8) is 0 Å². The van der Waals surface area contributed by atoms with Crippen LogP contribution < -0.4 is 18.9 Å². The minimum Gasteiger partial charge on any atom is -0.493 e. The van der Waals surface area contributed by atoms with Crippen molar-refractivity contribution in [2.75, 3.05) is 27.4 Å². The Morgan fingerprint density at radius 3 is 1.45 bits per heavy atom. The quantitative estimate of drug-likeness (QED) is 0.0916. The first-order valence-electron chi connectivity index (χ1n) is 14.0. The average Bonchev–Trinajstić information content (AvgIpc) is 3.61. The molecule has 12 heteroatoms. The van der Waals surface area contributed by atoms with Crippen LogP contribution in [0.5, 0.6) is 23.0 Å². The van der Waals surface area contributed by atoms with E-state index in [9.17, 15) is 19.2 Å². The molecule has 10 nitrogen and oxygen atoms in total. The van der Waals surface area contributed by atoms with Crippen LogP contribution in [0.15, 0.2) is 36.4 Å². The molecular formula is C32H34O10S2. The number of unbranched alkanes of at least 4 members (excludes halogenated alkanes) is 1. The van der Waals surface area contributed by atoms with E-state index in [0.717, 1.165) is 20.2 Å². The van der Waals surface area contributed by atoms with Gasteiger partial charge in [-0.1, -0.05) is 13.8 Å². The molecule has 2 atom stereocenters. The van der Waals surface area contributed by atoms with Gasteiger partial charge in [0.15, 0.2) is 34.6 Å². The van der Waals surface area contributed by atoms with Crippen LogP contribution in [0, 0.1) is 11.8 Å². The number of aliphatic carboxylic acids is 2. The van der Waals surface area contributed by atoms with Crippen molar-refractivity contribution in [1.29, 1.82) is 0 Å². The first-order valence-corrected chi connectivity index (χ1v) is 15.6. The van der Waals surface area contributed by atoms with E-state index in [1.54, 1.807) is 32.4 Å². The molecule has 0 saturated carbocycles. The summed E-state index contributed by atoms with van der Waals surface area (Å²) >= 11 is 2.59. The largest absolute Gasteiger partial charge is 0.493 e. The van der Waals surface area contributed by atoms with Gasteiger partial charge in [0.1, 0.15) is 0 Å². The van der Waals surface area contributed by atoms with Crippen molar-refractivity contribution in [1.82, 2.24) is 0 Å². The second kappa shape index (κ2) is 14.5. The maximum Gasteiger partial charge on any atom is 0.306 e. The summed E-state index contributed by atoms with van der Waals surface area (Å²) in [7, 11) is 3.09. The summed E-state index contributed by atoms with van der Waals surface area (Å²) in [6.45, 7) is 3.83. The molecule has 0 amide bonds. The molecule has 0 radical (unpaired) electrons. The van der Waals surface area contributed by atoms with Crippen LogP contribution in [0.25, 0.3) is 20.2 Å². The zero-order chi connectivity index (χ0) is 32.0. The van der Waals surface area contributed by atoms with E-state index >= 15 is 0 Å². The van der Waals surface area contributed by atoms with Crippen LogP contribution in [-0.2, 0) is 9.59 Å². The molecule has 0 aliphatic heterocycles. The summed E-state index contributed by atoms with van der Waals surface area (Å²) in [4.78, 5) is 48.4. The lowest BCUT2D eigenvalue weighted by molar-refractivity contribution is -0.141. The summed E-state index contributed by atoms with van der Waals surface area (Å²) in [5.41, 5.74) is 0. The Morgan fingerprint density at radius 1 is 0.636 bits per heavy atom. The number of carbonyl (C=O) groups excluding carboxylic acids is 2. The topological polar surface area (TPSA) is 146 Å². The molecule has 44 heavy (non-hydrogen) atoms. The van der Waals surface area contributed by atoms with E-state index in [2.05, 4.69) is 0 Å². The van der Waals surface area contributed by atoms with Gasteiger partial charge in [-0.2, -0.15) is 0 Å². The molecule has 2 N–H and O–H groups in total. The zero-order valence-electron chi connectivity index (χ0n) is 24.8. The molecule has 2 aromatic carbocycles. The summed E-state index contributed by atoms with van der Waals surface area (Å²) in [5, 5.41) is 19.9. The van der Waals surface area contributed by atoms with E-state index in [4.69, 9.17) is 29.2 Å². The van der Waals surface area contributed by atoms with E-state index in [1.165, 1.54) is 36.5 Å². The van der Waals surface area contributed by atoms with Crippen molar-refractivity contribution in [3.8, 4) is 23.0 Å². The van der Waals surface area contributed by atoms with Crippen molar-refractivity contribution in [2.24, 2.45) is 11.8 Å². The molecule has 4 rings (SSSR count). The third-order valence-electron chi connectivity index (χ3n) is 7.03.